The molecule has 10 heteroatoms. The van der Waals surface area contributed by atoms with Crippen molar-refractivity contribution < 1.29 is 22.4 Å². The summed E-state index contributed by atoms with van der Waals surface area (Å²) < 4.78 is 52.3. The van der Waals surface area contributed by atoms with Gasteiger partial charge in [0, 0.05) is 37.6 Å². The van der Waals surface area contributed by atoms with Gasteiger partial charge in [-0.15, -0.1) is 0 Å². The lowest BCUT2D eigenvalue weighted by atomic mass is 9.86. The fourth-order valence-corrected chi connectivity index (χ4v) is 4.38. The Morgan fingerprint density at radius 1 is 1.06 bits per heavy atom. The van der Waals surface area contributed by atoms with Crippen molar-refractivity contribution in [2.45, 2.75) is 37.9 Å². The van der Waals surface area contributed by atoms with Crippen molar-refractivity contribution in [3.8, 4) is 0 Å². The number of carbonyl (C=O) groups excluding carboxylic acids is 1. The van der Waals surface area contributed by atoms with Gasteiger partial charge in [-0.05, 0) is 61.9 Å². The number of alkyl halides is 3. The molecule has 4 rings (SSSR count). The zero-order valence-corrected chi connectivity index (χ0v) is 19.5. The summed E-state index contributed by atoms with van der Waals surface area (Å²) in [6.07, 6.45) is -1.39. The molecule has 0 saturated heterocycles. The molecule has 1 heterocycles. The molecule has 2 aromatic carbocycles. The maximum absolute atomic E-state index is 13.6. The highest BCUT2D eigenvalue weighted by Crippen LogP contribution is 2.31. The SMILES string of the molecule is CN(C)c1nc(N[C@H]2CC[C@@H](CNC(=O)c3cc(F)cc(C(F)(F)F)c3)CC2)nc2ccccc12. The maximum Gasteiger partial charge on any atom is 0.416 e. The van der Waals surface area contributed by atoms with Gasteiger partial charge < -0.3 is 15.5 Å². The van der Waals surface area contributed by atoms with Crippen molar-refractivity contribution >= 4 is 28.6 Å². The number of anilines is 2. The largest absolute Gasteiger partial charge is 0.416 e. The molecule has 0 aliphatic heterocycles. The molecule has 3 aromatic rings. The Hall–Kier alpha value is -3.43. The molecular formula is C25H27F4N5O. The molecule has 0 atom stereocenters. The normalized spacial score (nSPS) is 18.3. The van der Waals surface area contributed by atoms with E-state index in [0.717, 1.165) is 48.5 Å². The first-order chi connectivity index (χ1) is 16.6. The third kappa shape index (κ3) is 5.98. The number of hydrogen-bond donors (Lipinski definition) is 2. The molecular weight excluding hydrogens is 462 g/mol. The van der Waals surface area contributed by atoms with Crippen molar-refractivity contribution in [2.24, 2.45) is 5.92 Å². The minimum atomic E-state index is -4.72. The lowest BCUT2D eigenvalue weighted by Crippen LogP contribution is -2.34. The maximum atomic E-state index is 13.6. The molecule has 186 valence electrons. The van der Waals surface area contributed by atoms with Crippen LogP contribution in [0.25, 0.3) is 10.9 Å². The van der Waals surface area contributed by atoms with Crippen LogP contribution in [-0.4, -0.2) is 42.6 Å². The Morgan fingerprint density at radius 3 is 2.46 bits per heavy atom. The van der Waals surface area contributed by atoms with E-state index >= 15 is 0 Å². The first kappa shape index (κ1) is 24.7. The van der Waals surface area contributed by atoms with Gasteiger partial charge in [-0.25, -0.2) is 9.37 Å². The average molecular weight is 490 g/mol. The molecule has 1 fully saturated rings. The number of nitrogens with one attached hydrogen (secondary N) is 2. The summed E-state index contributed by atoms with van der Waals surface area (Å²) in [6.45, 7) is 0.320. The zero-order valence-electron chi connectivity index (χ0n) is 19.5. The second-order valence-electron chi connectivity index (χ2n) is 9.08. The van der Waals surface area contributed by atoms with E-state index in [1.165, 1.54) is 0 Å². The van der Waals surface area contributed by atoms with Crippen molar-refractivity contribution in [2.75, 3.05) is 30.9 Å². The fourth-order valence-electron chi connectivity index (χ4n) is 4.38. The van der Waals surface area contributed by atoms with E-state index in [9.17, 15) is 22.4 Å². The second-order valence-corrected chi connectivity index (χ2v) is 9.08. The van der Waals surface area contributed by atoms with Crippen LogP contribution >= 0.6 is 0 Å². The number of fused-ring (bicyclic) bond motifs is 1. The number of nitrogens with zero attached hydrogens (tertiary/aromatic N) is 3. The minimum Gasteiger partial charge on any atom is -0.362 e. The number of aromatic nitrogens is 2. The summed E-state index contributed by atoms with van der Waals surface area (Å²) in [5.74, 6) is -0.223. The van der Waals surface area contributed by atoms with Crippen molar-refractivity contribution in [1.29, 1.82) is 0 Å². The zero-order chi connectivity index (χ0) is 25.2. The van der Waals surface area contributed by atoms with Gasteiger partial charge >= 0.3 is 6.18 Å². The van der Waals surface area contributed by atoms with Gasteiger partial charge in [-0.3, -0.25) is 4.79 Å². The number of halogens is 4. The van der Waals surface area contributed by atoms with Crippen molar-refractivity contribution in [3.63, 3.8) is 0 Å². The van der Waals surface area contributed by atoms with Gasteiger partial charge in [0.1, 0.15) is 11.6 Å². The number of rotatable bonds is 6. The van der Waals surface area contributed by atoms with Gasteiger partial charge in [-0.1, -0.05) is 12.1 Å². The van der Waals surface area contributed by atoms with Crippen LogP contribution in [0, 0.1) is 11.7 Å². The van der Waals surface area contributed by atoms with E-state index in [-0.39, 0.29) is 17.5 Å². The van der Waals surface area contributed by atoms with Gasteiger partial charge in [0.2, 0.25) is 5.95 Å². The van der Waals surface area contributed by atoms with Crippen LogP contribution in [0.1, 0.15) is 41.6 Å². The van der Waals surface area contributed by atoms with E-state index in [1.807, 2.05) is 43.3 Å². The Morgan fingerprint density at radius 2 is 1.77 bits per heavy atom. The Balaban J connectivity index is 1.32. The number of para-hydroxylation sites is 1. The predicted molar refractivity (Wildman–Crippen MR) is 127 cm³/mol. The lowest BCUT2D eigenvalue weighted by molar-refractivity contribution is -0.137. The van der Waals surface area contributed by atoms with Crippen LogP contribution in [0.2, 0.25) is 0 Å². The number of amides is 1. The predicted octanol–water partition coefficient (Wildman–Crippen LogP) is 5.25. The third-order valence-electron chi connectivity index (χ3n) is 6.23. The van der Waals surface area contributed by atoms with E-state index in [2.05, 4.69) is 20.6 Å². The fraction of sp³-hybridized carbons (Fsp3) is 0.400. The topological polar surface area (TPSA) is 70.2 Å². The molecule has 0 bridgehead atoms. The van der Waals surface area contributed by atoms with Crippen LogP contribution in [0.3, 0.4) is 0 Å². The van der Waals surface area contributed by atoms with E-state index in [1.54, 1.807) is 0 Å². The van der Waals surface area contributed by atoms with Crippen LogP contribution in [-0.2, 0) is 6.18 Å². The smallest absolute Gasteiger partial charge is 0.362 e. The van der Waals surface area contributed by atoms with Crippen LogP contribution in [0.5, 0.6) is 0 Å². The standard InChI is InChI=1S/C25H27F4N5O/c1-34(2)22-20-5-3-4-6-21(20)32-24(33-22)31-19-9-7-15(8-10-19)14-30-23(35)16-11-17(25(27,28)29)13-18(26)12-16/h3-6,11-13,15,19H,7-10,14H2,1-2H3,(H,30,35)(H,31,32,33)/t15-,19+. The molecule has 35 heavy (non-hydrogen) atoms. The highest BCUT2D eigenvalue weighted by Gasteiger charge is 2.32. The van der Waals surface area contributed by atoms with E-state index < -0.39 is 23.5 Å². The van der Waals surface area contributed by atoms with E-state index in [4.69, 9.17) is 0 Å². The van der Waals surface area contributed by atoms with Gasteiger partial charge in [0.05, 0.1) is 11.1 Å². The quantitative estimate of drug-likeness (QED) is 0.463. The first-order valence-corrected chi connectivity index (χ1v) is 11.5. The number of benzene rings is 2. The summed E-state index contributed by atoms with van der Waals surface area (Å²) in [5.41, 5.74) is -0.656. The highest BCUT2D eigenvalue weighted by atomic mass is 19.4. The van der Waals surface area contributed by atoms with Crippen LogP contribution in [0.4, 0.5) is 29.3 Å². The Kier molecular flexibility index (Phi) is 7.09. The molecule has 1 aliphatic carbocycles. The Labute approximate surface area is 200 Å². The summed E-state index contributed by atoms with van der Waals surface area (Å²) in [4.78, 5) is 23.6. The molecule has 1 aliphatic rings. The average Bonchev–Trinajstić information content (AvgIpc) is 2.82. The van der Waals surface area contributed by atoms with Crippen LogP contribution < -0.4 is 15.5 Å². The van der Waals surface area contributed by atoms with E-state index in [0.29, 0.717) is 24.6 Å². The summed E-state index contributed by atoms with van der Waals surface area (Å²) in [7, 11) is 3.87. The summed E-state index contributed by atoms with van der Waals surface area (Å²) in [6, 6.07) is 9.87. The van der Waals surface area contributed by atoms with Gasteiger partial charge in [0.25, 0.3) is 5.91 Å². The molecule has 0 radical (unpaired) electrons. The molecule has 0 unspecified atom stereocenters. The summed E-state index contributed by atoms with van der Waals surface area (Å²) >= 11 is 0. The molecule has 1 saturated carbocycles. The van der Waals surface area contributed by atoms with Crippen molar-refractivity contribution in [3.05, 3.63) is 59.4 Å². The third-order valence-corrected chi connectivity index (χ3v) is 6.23. The van der Waals surface area contributed by atoms with Gasteiger partial charge in [-0.2, -0.15) is 18.2 Å². The molecule has 6 nitrogen and oxygen atoms in total. The second kappa shape index (κ2) is 10.1. The van der Waals surface area contributed by atoms with Crippen molar-refractivity contribution in [1.82, 2.24) is 15.3 Å². The van der Waals surface area contributed by atoms with Gasteiger partial charge in [0.15, 0.2) is 0 Å². The van der Waals surface area contributed by atoms with Crippen LogP contribution in [0.15, 0.2) is 42.5 Å². The monoisotopic (exact) mass is 489 g/mol. The summed E-state index contributed by atoms with van der Waals surface area (Å²) in [5, 5.41) is 7.05. The highest BCUT2D eigenvalue weighted by molar-refractivity contribution is 5.94. The molecule has 1 aromatic heterocycles. The Bertz CT molecular complexity index is 1210. The lowest BCUT2D eigenvalue weighted by Gasteiger charge is -2.29. The number of carbonyl (C=O) groups is 1. The number of hydrogen-bond acceptors (Lipinski definition) is 5. The minimum absolute atomic E-state index is 0.177. The first-order valence-electron chi connectivity index (χ1n) is 11.5. The molecule has 2 N–H and O–H groups in total. The molecule has 0 spiro atoms. The molecule has 1 amide bonds.